The summed E-state index contributed by atoms with van der Waals surface area (Å²) in [6, 6.07) is 16.8. The monoisotopic (exact) mass is 397 g/mol. The maximum absolute atomic E-state index is 11.2. The third kappa shape index (κ3) is 6.23. The smallest absolute Gasteiger partial charge is 0.302 e. The molecule has 5 heteroatoms. The van der Waals surface area contributed by atoms with E-state index < -0.39 is 0 Å². The van der Waals surface area contributed by atoms with Gasteiger partial charge < -0.3 is 14.2 Å². The molecular formula is C24H31NO4. The molecule has 0 radical (unpaired) electrons. The topological polar surface area (TPSA) is 48.0 Å². The lowest BCUT2D eigenvalue weighted by atomic mass is 10.0. The molecule has 0 N–H and O–H groups in total. The van der Waals surface area contributed by atoms with Crippen LogP contribution in [0.15, 0.2) is 48.5 Å². The van der Waals surface area contributed by atoms with Gasteiger partial charge >= 0.3 is 5.97 Å². The van der Waals surface area contributed by atoms with Crippen LogP contribution in [0.3, 0.4) is 0 Å². The fourth-order valence-electron chi connectivity index (χ4n) is 3.95. The Morgan fingerprint density at radius 2 is 1.97 bits per heavy atom. The van der Waals surface area contributed by atoms with Gasteiger partial charge in [0.15, 0.2) is 0 Å². The van der Waals surface area contributed by atoms with Crippen molar-refractivity contribution in [3.63, 3.8) is 0 Å². The number of nitrogens with zero attached hydrogens (tertiary/aromatic N) is 1. The minimum absolute atomic E-state index is 0.00218. The number of carbonyl (C=O) groups is 1. The highest BCUT2D eigenvalue weighted by Crippen LogP contribution is 2.24. The number of methoxy groups -OCH3 is 1. The Morgan fingerprint density at radius 3 is 2.76 bits per heavy atom. The zero-order chi connectivity index (χ0) is 20.6. The summed E-state index contributed by atoms with van der Waals surface area (Å²) in [6.07, 6.45) is 3.64. The Labute approximate surface area is 173 Å². The second kappa shape index (κ2) is 10.3. The first-order chi connectivity index (χ1) is 14.0. The van der Waals surface area contributed by atoms with Gasteiger partial charge in [0.2, 0.25) is 0 Å². The standard InChI is InChI=1S/C24H31NO4/c1-18(26)29-23-16-21(25(2)17-23)13-14-28-24-10-5-4-8-20(24)12-11-19-7-6-9-22(15-19)27-3/h4-10,15,21,23H,11-14,16-17H2,1-3H3/t21-,23-/m1/s1. The number of esters is 1. The molecule has 2 aromatic carbocycles. The zero-order valence-electron chi connectivity index (χ0n) is 17.6. The average molecular weight is 398 g/mol. The zero-order valence-corrected chi connectivity index (χ0v) is 17.6. The van der Waals surface area contributed by atoms with Gasteiger partial charge in [0, 0.05) is 25.9 Å². The first-order valence-electron chi connectivity index (χ1n) is 10.3. The molecule has 1 saturated heterocycles. The van der Waals surface area contributed by atoms with Gasteiger partial charge in [-0.15, -0.1) is 0 Å². The number of para-hydroxylation sites is 1. The number of likely N-dealkylation sites (N-methyl/N-ethyl adjacent to an activating group) is 1. The van der Waals surface area contributed by atoms with Crippen LogP contribution in [0.1, 0.15) is 30.9 Å². The average Bonchev–Trinajstić information content (AvgIpc) is 3.05. The number of benzene rings is 2. The molecule has 0 amide bonds. The van der Waals surface area contributed by atoms with Gasteiger partial charge in [-0.2, -0.15) is 0 Å². The van der Waals surface area contributed by atoms with E-state index in [1.54, 1.807) is 7.11 Å². The molecule has 2 atom stereocenters. The summed E-state index contributed by atoms with van der Waals surface area (Å²) in [7, 11) is 3.77. The highest BCUT2D eigenvalue weighted by atomic mass is 16.5. The molecule has 5 nitrogen and oxygen atoms in total. The largest absolute Gasteiger partial charge is 0.497 e. The van der Waals surface area contributed by atoms with Crippen molar-refractivity contribution in [3.05, 3.63) is 59.7 Å². The van der Waals surface area contributed by atoms with Gasteiger partial charge in [-0.1, -0.05) is 30.3 Å². The molecule has 2 aromatic rings. The summed E-state index contributed by atoms with van der Waals surface area (Å²) >= 11 is 0. The third-order valence-corrected chi connectivity index (χ3v) is 5.48. The fourth-order valence-corrected chi connectivity index (χ4v) is 3.95. The third-order valence-electron chi connectivity index (χ3n) is 5.48. The van der Waals surface area contributed by atoms with Crippen LogP contribution in [-0.2, 0) is 22.4 Å². The summed E-state index contributed by atoms with van der Waals surface area (Å²) in [5, 5.41) is 0. The van der Waals surface area contributed by atoms with Crippen molar-refractivity contribution < 1.29 is 19.0 Å². The van der Waals surface area contributed by atoms with Crippen LogP contribution in [0.2, 0.25) is 0 Å². The maximum Gasteiger partial charge on any atom is 0.302 e. The normalized spacial score (nSPS) is 19.1. The van der Waals surface area contributed by atoms with Crippen molar-refractivity contribution in [3.8, 4) is 11.5 Å². The summed E-state index contributed by atoms with van der Waals surface area (Å²) in [4.78, 5) is 13.4. The molecule has 29 heavy (non-hydrogen) atoms. The Balaban J connectivity index is 1.51. The number of likely N-dealkylation sites (tertiary alicyclic amines) is 1. The van der Waals surface area contributed by atoms with Crippen LogP contribution in [-0.4, -0.2) is 50.3 Å². The fraction of sp³-hybridized carbons (Fsp3) is 0.458. The Morgan fingerprint density at radius 1 is 1.14 bits per heavy atom. The lowest BCUT2D eigenvalue weighted by molar-refractivity contribution is -0.145. The van der Waals surface area contributed by atoms with Crippen LogP contribution < -0.4 is 9.47 Å². The Kier molecular flexibility index (Phi) is 7.53. The number of carbonyl (C=O) groups excluding carboxylic acids is 1. The molecule has 0 saturated carbocycles. The maximum atomic E-state index is 11.2. The van der Waals surface area contributed by atoms with E-state index in [1.165, 1.54) is 18.1 Å². The van der Waals surface area contributed by atoms with E-state index in [0.717, 1.165) is 43.7 Å². The quantitative estimate of drug-likeness (QED) is 0.601. The molecular weight excluding hydrogens is 366 g/mol. The molecule has 0 unspecified atom stereocenters. The van der Waals surface area contributed by atoms with Crippen molar-refractivity contribution in [2.24, 2.45) is 0 Å². The number of rotatable bonds is 9. The molecule has 1 heterocycles. The lowest BCUT2D eigenvalue weighted by Crippen LogP contribution is -2.27. The van der Waals surface area contributed by atoms with Crippen LogP contribution in [0.5, 0.6) is 11.5 Å². The highest BCUT2D eigenvalue weighted by molar-refractivity contribution is 5.66. The van der Waals surface area contributed by atoms with Gasteiger partial charge in [-0.3, -0.25) is 9.69 Å². The predicted molar refractivity (Wildman–Crippen MR) is 114 cm³/mol. The minimum atomic E-state index is -0.203. The van der Waals surface area contributed by atoms with E-state index in [4.69, 9.17) is 14.2 Å². The van der Waals surface area contributed by atoms with Crippen LogP contribution in [0.25, 0.3) is 0 Å². The van der Waals surface area contributed by atoms with Crippen molar-refractivity contribution in [2.75, 3.05) is 27.3 Å². The number of ether oxygens (including phenoxy) is 3. The Bertz CT molecular complexity index is 807. The van der Waals surface area contributed by atoms with Gasteiger partial charge in [-0.05, 0) is 55.6 Å². The van der Waals surface area contributed by atoms with E-state index in [1.807, 2.05) is 24.3 Å². The lowest BCUT2D eigenvalue weighted by Gasteiger charge is -2.19. The van der Waals surface area contributed by atoms with E-state index in [-0.39, 0.29) is 12.1 Å². The van der Waals surface area contributed by atoms with Crippen molar-refractivity contribution in [1.82, 2.24) is 4.90 Å². The van der Waals surface area contributed by atoms with E-state index >= 15 is 0 Å². The van der Waals surface area contributed by atoms with Crippen LogP contribution in [0.4, 0.5) is 0 Å². The number of hydrogen-bond donors (Lipinski definition) is 0. The van der Waals surface area contributed by atoms with E-state index in [9.17, 15) is 4.79 Å². The van der Waals surface area contributed by atoms with E-state index in [2.05, 4.69) is 36.2 Å². The van der Waals surface area contributed by atoms with E-state index in [0.29, 0.717) is 12.6 Å². The molecule has 1 aliphatic rings. The predicted octanol–water partition coefficient (Wildman–Crippen LogP) is 3.89. The first-order valence-corrected chi connectivity index (χ1v) is 10.3. The van der Waals surface area contributed by atoms with Gasteiger partial charge in [0.1, 0.15) is 17.6 Å². The second-order valence-electron chi connectivity index (χ2n) is 7.66. The molecule has 0 spiro atoms. The van der Waals surface area contributed by atoms with Crippen molar-refractivity contribution >= 4 is 5.97 Å². The molecule has 1 aliphatic heterocycles. The summed E-state index contributed by atoms with van der Waals surface area (Å²) < 4.78 is 16.8. The second-order valence-corrected chi connectivity index (χ2v) is 7.66. The minimum Gasteiger partial charge on any atom is -0.497 e. The van der Waals surface area contributed by atoms with Crippen LogP contribution in [0, 0.1) is 0 Å². The molecule has 3 rings (SSSR count). The summed E-state index contributed by atoms with van der Waals surface area (Å²) in [6.45, 7) is 2.91. The van der Waals surface area contributed by atoms with Gasteiger partial charge in [0.05, 0.1) is 13.7 Å². The SMILES string of the molecule is COc1cccc(CCc2ccccc2OCC[C@@H]2C[C@@H](OC(C)=O)CN2C)c1. The van der Waals surface area contributed by atoms with Crippen molar-refractivity contribution in [2.45, 2.75) is 44.8 Å². The summed E-state index contributed by atoms with van der Waals surface area (Å²) in [5.74, 6) is 1.64. The molecule has 0 aliphatic carbocycles. The van der Waals surface area contributed by atoms with Crippen LogP contribution >= 0.6 is 0 Å². The molecule has 0 bridgehead atoms. The summed E-state index contributed by atoms with van der Waals surface area (Å²) in [5.41, 5.74) is 2.47. The van der Waals surface area contributed by atoms with Gasteiger partial charge in [0.25, 0.3) is 0 Å². The molecule has 0 aromatic heterocycles. The number of hydrogen-bond acceptors (Lipinski definition) is 5. The molecule has 1 fully saturated rings. The Hall–Kier alpha value is -2.53. The highest BCUT2D eigenvalue weighted by Gasteiger charge is 2.31. The molecule has 156 valence electrons. The van der Waals surface area contributed by atoms with Gasteiger partial charge in [-0.25, -0.2) is 0 Å². The van der Waals surface area contributed by atoms with Crippen molar-refractivity contribution in [1.29, 1.82) is 0 Å². The number of aryl methyl sites for hydroxylation is 2. The first kappa shape index (κ1) is 21.2.